The van der Waals surface area contributed by atoms with E-state index in [4.69, 9.17) is 17.3 Å². The van der Waals surface area contributed by atoms with E-state index in [1.807, 2.05) is 18.2 Å². The van der Waals surface area contributed by atoms with Crippen LogP contribution in [0, 0.1) is 0 Å². The zero-order chi connectivity index (χ0) is 11.8. The molecule has 6 heteroatoms. The first-order chi connectivity index (χ1) is 8.25. The van der Waals surface area contributed by atoms with Crippen LogP contribution in [0.15, 0.2) is 30.6 Å². The Balaban J connectivity index is 2.37. The normalized spacial score (nSPS) is 10.9. The van der Waals surface area contributed by atoms with Crippen LogP contribution < -0.4 is 5.73 Å². The molecule has 0 radical (unpaired) electrons. The van der Waals surface area contributed by atoms with Gasteiger partial charge in [-0.05, 0) is 6.07 Å². The first-order valence-electron chi connectivity index (χ1n) is 4.97. The molecule has 2 heterocycles. The number of aromatic amines is 1. The van der Waals surface area contributed by atoms with Crippen LogP contribution in [-0.4, -0.2) is 19.9 Å². The lowest BCUT2D eigenvalue weighted by molar-refractivity contribution is 1.22. The van der Waals surface area contributed by atoms with Gasteiger partial charge in [0.15, 0.2) is 5.65 Å². The van der Waals surface area contributed by atoms with Gasteiger partial charge in [0, 0.05) is 5.56 Å². The number of imidazole rings is 1. The zero-order valence-corrected chi connectivity index (χ0v) is 9.44. The topological polar surface area (TPSA) is 80.5 Å². The van der Waals surface area contributed by atoms with Crippen molar-refractivity contribution in [2.75, 3.05) is 5.73 Å². The molecule has 17 heavy (non-hydrogen) atoms. The quantitative estimate of drug-likeness (QED) is 0.689. The van der Waals surface area contributed by atoms with Gasteiger partial charge in [-0.2, -0.15) is 4.98 Å². The van der Waals surface area contributed by atoms with Crippen LogP contribution in [0.3, 0.4) is 0 Å². The third kappa shape index (κ3) is 1.60. The number of aromatic nitrogens is 4. The van der Waals surface area contributed by atoms with Crippen molar-refractivity contribution in [1.82, 2.24) is 19.9 Å². The van der Waals surface area contributed by atoms with Crippen molar-refractivity contribution in [3.63, 3.8) is 0 Å². The first kappa shape index (κ1) is 10.0. The molecule has 0 aliphatic carbocycles. The maximum absolute atomic E-state index is 6.14. The highest BCUT2D eigenvalue weighted by Gasteiger charge is 2.12. The Bertz CT molecular complexity index is 691. The number of nitrogens with two attached hydrogens (primary N) is 1. The summed E-state index contributed by atoms with van der Waals surface area (Å²) < 4.78 is 0. The van der Waals surface area contributed by atoms with Crippen molar-refractivity contribution >= 4 is 28.7 Å². The van der Waals surface area contributed by atoms with Gasteiger partial charge in [0.05, 0.1) is 11.3 Å². The number of benzene rings is 1. The van der Waals surface area contributed by atoms with Crippen LogP contribution in [0.25, 0.3) is 22.4 Å². The summed E-state index contributed by atoms with van der Waals surface area (Å²) in [6.45, 7) is 0. The third-order valence-corrected chi connectivity index (χ3v) is 2.76. The second-order valence-electron chi connectivity index (χ2n) is 3.51. The first-order valence-corrected chi connectivity index (χ1v) is 5.35. The number of H-pyrrole nitrogens is 1. The van der Waals surface area contributed by atoms with E-state index in [0.29, 0.717) is 16.4 Å². The number of hydrogen-bond acceptors (Lipinski definition) is 4. The number of hydrogen-bond donors (Lipinski definition) is 2. The van der Waals surface area contributed by atoms with Crippen molar-refractivity contribution < 1.29 is 0 Å². The summed E-state index contributed by atoms with van der Waals surface area (Å²) in [4.78, 5) is 15.3. The smallest absolute Gasteiger partial charge is 0.222 e. The van der Waals surface area contributed by atoms with Gasteiger partial charge in [-0.15, -0.1) is 0 Å². The average Bonchev–Trinajstić information content (AvgIpc) is 2.76. The number of anilines is 1. The van der Waals surface area contributed by atoms with E-state index in [2.05, 4.69) is 19.9 Å². The molecule has 0 atom stereocenters. The number of fused-ring (bicyclic) bond motifs is 1. The van der Waals surface area contributed by atoms with Crippen molar-refractivity contribution in [2.24, 2.45) is 0 Å². The SMILES string of the molecule is Nc1nc(-c2ccccc2Cl)c2[nH]cnc2n1. The minimum Gasteiger partial charge on any atom is -0.368 e. The largest absolute Gasteiger partial charge is 0.368 e. The van der Waals surface area contributed by atoms with Gasteiger partial charge < -0.3 is 10.7 Å². The second kappa shape index (κ2) is 3.71. The fraction of sp³-hybridized carbons (Fsp3) is 0. The molecular formula is C11H8ClN5. The van der Waals surface area contributed by atoms with Gasteiger partial charge in [-0.3, -0.25) is 0 Å². The van der Waals surface area contributed by atoms with E-state index in [0.717, 1.165) is 11.1 Å². The minimum atomic E-state index is 0.180. The number of nitrogens with one attached hydrogen (secondary N) is 1. The van der Waals surface area contributed by atoms with Crippen LogP contribution in [-0.2, 0) is 0 Å². The monoisotopic (exact) mass is 245 g/mol. The summed E-state index contributed by atoms with van der Waals surface area (Å²) in [6, 6.07) is 7.43. The van der Waals surface area contributed by atoms with Crippen molar-refractivity contribution in [3.05, 3.63) is 35.6 Å². The fourth-order valence-electron chi connectivity index (χ4n) is 1.70. The minimum absolute atomic E-state index is 0.180. The molecule has 5 nitrogen and oxygen atoms in total. The number of nitrogens with zero attached hydrogens (tertiary/aromatic N) is 3. The summed E-state index contributed by atoms with van der Waals surface area (Å²) in [7, 11) is 0. The number of nitrogen functional groups attached to an aromatic ring is 1. The zero-order valence-electron chi connectivity index (χ0n) is 8.68. The molecule has 0 aliphatic heterocycles. The fourth-order valence-corrected chi connectivity index (χ4v) is 1.92. The molecule has 1 aromatic carbocycles. The Morgan fingerprint density at radius 1 is 1.18 bits per heavy atom. The molecule has 3 N–H and O–H groups in total. The Labute approximate surface area is 102 Å². The Hall–Kier alpha value is -2.14. The molecule has 0 unspecified atom stereocenters. The molecule has 0 saturated carbocycles. The molecule has 3 aromatic rings. The molecule has 0 spiro atoms. The van der Waals surface area contributed by atoms with Gasteiger partial charge in [0.1, 0.15) is 11.2 Å². The molecule has 0 saturated heterocycles. The highest BCUT2D eigenvalue weighted by atomic mass is 35.5. The summed E-state index contributed by atoms with van der Waals surface area (Å²) in [5.41, 5.74) is 8.38. The Morgan fingerprint density at radius 2 is 2.00 bits per heavy atom. The molecule has 3 rings (SSSR count). The predicted octanol–water partition coefficient (Wildman–Crippen LogP) is 2.26. The van der Waals surface area contributed by atoms with Gasteiger partial charge in [-0.25, -0.2) is 9.97 Å². The van der Waals surface area contributed by atoms with Crippen LogP contribution >= 0.6 is 11.6 Å². The van der Waals surface area contributed by atoms with Gasteiger partial charge in [0.25, 0.3) is 0 Å². The molecule has 84 valence electrons. The highest BCUT2D eigenvalue weighted by molar-refractivity contribution is 6.33. The summed E-state index contributed by atoms with van der Waals surface area (Å²) in [6.07, 6.45) is 1.55. The molecule has 0 aliphatic rings. The van der Waals surface area contributed by atoms with E-state index in [1.54, 1.807) is 12.4 Å². The van der Waals surface area contributed by atoms with E-state index < -0.39 is 0 Å². The van der Waals surface area contributed by atoms with Gasteiger partial charge in [-0.1, -0.05) is 29.8 Å². The molecular weight excluding hydrogens is 238 g/mol. The van der Waals surface area contributed by atoms with Crippen LogP contribution in [0.5, 0.6) is 0 Å². The maximum Gasteiger partial charge on any atom is 0.222 e. The lowest BCUT2D eigenvalue weighted by Gasteiger charge is -2.04. The number of rotatable bonds is 1. The van der Waals surface area contributed by atoms with Crippen LogP contribution in [0.2, 0.25) is 5.02 Å². The average molecular weight is 246 g/mol. The lowest BCUT2D eigenvalue weighted by Crippen LogP contribution is -1.98. The number of halogens is 1. The van der Waals surface area contributed by atoms with Crippen molar-refractivity contribution in [2.45, 2.75) is 0 Å². The van der Waals surface area contributed by atoms with E-state index >= 15 is 0 Å². The van der Waals surface area contributed by atoms with Gasteiger partial charge >= 0.3 is 0 Å². The van der Waals surface area contributed by atoms with Gasteiger partial charge in [0.2, 0.25) is 5.95 Å². The van der Waals surface area contributed by atoms with Crippen molar-refractivity contribution in [1.29, 1.82) is 0 Å². The van der Waals surface area contributed by atoms with Crippen molar-refractivity contribution in [3.8, 4) is 11.3 Å². The summed E-state index contributed by atoms with van der Waals surface area (Å²) >= 11 is 6.14. The van der Waals surface area contributed by atoms with Crippen LogP contribution in [0.4, 0.5) is 5.95 Å². The molecule has 2 aromatic heterocycles. The Kier molecular flexibility index (Phi) is 2.19. The maximum atomic E-state index is 6.14. The van der Waals surface area contributed by atoms with Crippen LogP contribution in [0.1, 0.15) is 0 Å². The van der Waals surface area contributed by atoms with E-state index in [-0.39, 0.29) is 5.95 Å². The summed E-state index contributed by atoms with van der Waals surface area (Å²) in [5.74, 6) is 0.180. The van der Waals surface area contributed by atoms with E-state index in [9.17, 15) is 0 Å². The molecule has 0 fully saturated rings. The second-order valence-corrected chi connectivity index (χ2v) is 3.92. The van der Waals surface area contributed by atoms with E-state index in [1.165, 1.54) is 0 Å². The third-order valence-electron chi connectivity index (χ3n) is 2.43. The molecule has 0 bridgehead atoms. The predicted molar refractivity (Wildman–Crippen MR) is 66.5 cm³/mol. The Morgan fingerprint density at radius 3 is 2.82 bits per heavy atom. The molecule has 0 amide bonds. The standard InChI is InChI=1S/C11H8ClN5/c12-7-4-2-1-3-6(7)8-9-10(15-5-14-9)17-11(13)16-8/h1-5H,(H3,13,14,15,16,17). The highest BCUT2D eigenvalue weighted by Crippen LogP contribution is 2.30. The summed E-state index contributed by atoms with van der Waals surface area (Å²) in [5, 5.41) is 0.613. The lowest BCUT2D eigenvalue weighted by atomic mass is 10.1.